The van der Waals surface area contributed by atoms with Gasteiger partial charge in [-0.3, -0.25) is 9.69 Å². The van der Waals surface area contributed by atoms with Crippen LogP contribution in [0.25, 0.3) is 0 Å². The number of rotatable bonds is 3. The third-order valence-electron chi connectivity index (χ3n) is 4.62. The van der Waals surface area contributed by atoms with E-state index < -0.39 is 0 Å². The van der Waals surface area contributed by atoms with Crippen LogP contribution in [0.4, 0.5) is 0 Å². The number of esters is 1. The van der Waals surface area contributed by atoms with E-state index in [1.165, 1.54) is 11.1 Å². The van der Waals surface area contributed by atoms with Crippen LogP contribution < -0.4 is 0 Å². The maximum Gasteiger partial charge on any atom is 0.310 e. The first-order valence-corrected chi connectivity index (χ1v) is 7.75. The Kier molecular flexibility index (Phi) is 4.06. The summed E-state index contributed by atoms with van der Waals surface area (Å²) in [5.74, 6) is 0.0696. The number of likely N-dealkylation sites (tertiary alicyclic amines) is 1. The molecule has 0 bridgehead atoms. The van der Waals surface area contributed by atoms with Crippen LogP contribution in [0.2, 0.25) is 0 Å². The molecule has 20 heavy (non-hydrogen) atoms. The van der Waals surface area contributed by atoms with Gasteiger partial charge in [-0.1, -0.05) is 24.3 Å². The van der Waals surface area contributed by atoms with Crippen LogP contribution >= 0.6 is 0 Å². The molecule has 1 aromatic carbocycles. The molecule has 0 radical (unpaired) electrons. The number of ether oxygens (including phenoxy) is 1. The molecule has 1 aromatic rings. The molecule has 3 rings (SSSR count). The van der Waals surface area contributed by atoms with Crippen molar-refractivity contribution in [3.63, 3.8) is 0 Å². The van der Waals surface area contributed by atoms with Gasteiger partial charge in [0.15, 0.2) is 0 Å². The van der Waals surface area contributed by atoms with Gasteiger partial charge in [0, 0.05) is 12.6 Å². The lowest BCUT2D eigenvalue weighted by atomic mass is 9.96. The summed E-state index contributed by atoms with van der Waals surface area (Å²) in [7, 11) is 0. The van der Waals surface area contributed by atoms with Crippen molar-refractivity contribution in [3.05, 3.63) is 35.4 Å². The Morgan fingerprint density at radius 3 is 2.65 bits per heavy atom. The standard InChI is InChI=1S/C17H23NO2/c1-2-20-17(19)15-8-5-9-18(12-15)16-10-13-6-3-4-7-14(13)11-16/h3-4,6-7,15-16H,2,5,8-12H2,1H3/t15-/m1/s1. The second-order valence-corrected chi connectivity index (χ2v) is 5.92. The molecule has 2 aliphatic rings. The zero-order valence-electron chi connectivity index (χ0n) is 12.2. The number of piperidine rings is 1. The molecule has 0 aromatic heterocycles. The normalized spacial score (nSPS) is 23.6. The van der Waals surface area contributed by atoms with Gasteiger partial charge >= 0.3 is 5.97 Å². The fourth-order valence-electron chi connectivity index (χ4n) is 3.58. The van der Waals surface area contributed by atoms with E-state index >= 15 is 0 Å². The molecule has 0 amide bonds. The minimum absolute atomic E-state index is 0.00675. The van der Waals surface area contributed by atoms with Gasteiger partial charge in [-0.25, -0.2) is 0 Å². The lowest BCUT2D eigenvalue weighted by Gasteiger charge is -2.35. The molecular weight excluding hydrogens is 250 g/mol. The van der Waals surface area contributed by atoms with E-state index in [-0.39, 0.29) is 11.9 Å². The van der Waals surface area contributed by atoms with Gasteiger partial charge in [0.1, 0.15) is 0 Å². The predicted octanol–water partition coefficient (Wildman–Crippen LogP) is 2.43. The molecule has 108 valence electrons. The van der Waals surface area contributed by atoms with Crippen LogP contribution in [0.15, 0.2) is 24.3 Å². The van der Waals surface area contributed by atoms with Crippen molar-refractivity contribution in [2.75, 3.05) is 19.7 Å². The average molecular weight is 273 g/mol. The van der Waals surface area contributed by atoms with Gasteiger partial charge in [0.05, 0.1) is 12.5 Å². The smallest absolute Gasteiger partial charge is 0.310 e. The molecule has 1 heterocycles. The van der Waals surface area contributed by atoms with Gasteiger partial charge in [-0.2, -0.15) is 0 Å². The summed E-state index contributed by atoms with van der Waals surface area (Å²) < 4.78 is 5.19. The largest absolute Gasteiger partial charge is 0.466 e. The summed E-state index contributed by atoms with van der Waals surface area (Å²) in [6, 6.07) is 9.30. The van der Waals surface area contributed by atoms with E-state index in [0.29, 0.717) is 12.6 Å². The first-order valence-electron chi connectivity index (χ1n) is 7.75. The maximum atomic E-state index is 11.9. The first-order chi connectivity index (χ1) is 9.78. The highest BCUT2D eigenvalue weighted by Gasteiger charge is 2.33. The van der Waals surface area contributed by atoms with Gasteiger partial charge in [-0.05, 0) is 50.3 Å². The zero-order valence-corrected chi connectivity index (χ0v) is 12.2. The summed E-state index contributed by atoms with van der Waals surface area (Å²) in [6.45, 7) is 4.36. The number of hydrogen-bond acceptors (Lipinski definition) is 3. The number of fused-ring (bicyclic) bond motifs is 1. The zero-order chi connectivity index (χ0) is 13.9. The molecule has 3 heteroatoms. The molecule has 0 unspecified atom stereocenters. The number of carbonyl (C=O) groups excluding carboxylic acids is 1. The maximum absolute atomic E-state index is 11.9. The third-order valence-corrected chi connectivity index (χ3v) is 4.62. The van der Waals surface area contributed by atoms with Crippen molar-refractivity contribution in [1.29, 1.82) is 0 Å². The van der Waals surface area contributed by atoms with Crippen LogP contribution in [-0.2, 0) is 22.4 Å². The molecule has 3 nitrogen and oxygen atoms in total. The van der Waals surface area contributed by atoms with Crippen molar-refractivity contribution < 1.29 is 9.53 Å². The second kappa shape index (κ2) is 5.96. The lowest BCUT2D eigenvalue weighted by molar-refractivity contribution is -0.150. The molecule has 1 saturated heterocycles. The lowest BCUT2D eigenvalue weighted by Crippen LogP contribution is -2.45. The van der Waals surface area contributed by atoms with Crippen molar-refractivity contribution in [2.45, 2.75) is 38.6 Å². The molecule has 1 atom stereocenters. The molecule has 0 spiro atoms. The molecule has 1 aliphatic heterocycles. The second-order valence-electron chi connectivity index (χ2n) is 5.92. The third kappa shape index (κ3) is 2.73. The summed E-state index contributed by atoms with van der Waals surface area (Å²) >= 11 is 0. The molecular formula is C17H23NO2. The Morgan fingerprint density at radius 2 is 2.00 bits per heavy atom. The minimum Gasteiger partial charge on any atom is -0.466 e. The van der Waals surface area contributed by atoms with Crippen LogP contribution in [0, 0.1) is 5.92 Å². The van der Waals surface area contributed by atoms with E-state index in [1.807, 2.05) is 6.92 Å². The van der Waals surface area contributed by atoms with Gasteiger partial charge in [0.25, 0.3) is 0 Å². The van der Waals surface area contributed by atoms with Crippen molar-refractivity contribution >= 4 is 5.97 Å². The number of carbonyl (C=O) groups is 1. The minimum atomic E-state index is -0.00675. The van der Waals surface area contributed by atoms with E-state index in [9.17, 15) is 4.79 Å². The van der Waals surface area contributed by atoms with Gasteiger partial charge < -0.3 is 4.74 Å². The molecule has 0 N–H and O–H groups in total. The van der Waals surface area contributed by atoms with Crippen molar-refractivity contribution in [2.24, 2.45) is 5.92 Å². The fourth-order valence-corrected chi connectivity index (χ4v) is 3.58. The average Bonchev–Trinajstić information content (AvgIpc) is 2.91. The quantitative estimate of drug-likeness (QED) is 0.792. The van der Waals surface area contributed by atoms with Crippen LogP contribution in [0.3, 0.4) is 0 Å². The fraction of sp³-hybridized carbons (Fsp3) is 0.588. The highest BCUT2D eigenvalue weighted by Crippen LogP contribution is 2.29. The summed E-state index contributed by atoms with van der Waals surface area (Å²) in [5, 5.41) is 0. The Bertz CT molecular complexity index is 461. The van der Waals surface area contributed by atoms with Gasteiger partial charge in [-0.15, -0.1) is 0 Å². The van der Waals surface area contributed by atoms with Crippen molar-refractivity contribution in [3.8, 4) is 0 Å². The Balaban J connectivity index is 1.63. The number of hydrogen-bond donors (Lipinski definition) is 0. The van der Waals surface area contributed by atoms with E-state index in [1.54, 1.807) is 0 Å². The molecule has 1 fully saturated rings. The van der Waals surface area contributed by atoms with E-state index in [4.69, 9.17) is 4.74 Å². The Labute approximate surface area is 120 Å². The van der Waals surface area contributed by atoms with Crippen LogP contribution in [0.1, 0.15) is 30.9 Å². The van der Waals surface area contributed by atoms with Crippen LogP contribution in [-0.4, -0.2) is 36.6 Å². The molecule has 0 saturated carbocycles. The SMILES string of the molecule is CCOC(=O)[C@@H]1CCCN(C2Cc3ccccc3C2)C1. The summed E-state index contributed by atoms with van der Waals surface area (Å²) in [5.41, 5.74) is 2.96. The van der Waals surface area contributed by atoms with E-state index in [0.717, 1.165) is 38.8 Å². The highest BCUT2D eigenvalue weighted by molar-refractivity contribution is 5.72. The van der Waals surface area contributed by atoms with Crippen molar-refractivity contribution in [1.82, 2.24) is 4.90 Å². The van der Waals surface area contributed by atoms with Crippen LogP contribution in [0.5, 0.6) is 0 Å². The number of benzene rings is 1. The first kappa shape index (κ1) is 13.6. The Morgan fingerprint density at radius 1 is 1.30 bits per heavy atom. The Hall–Kier alpha value is -1.35. The molecule has 1 aliphatic carbocycles. The van der Waals surface area contributed by atoms with Gasteiger partial charge in [0.2, 0.25) is 0 Å². The topological polar surface area (TPSA) is 29.5 Å². The number of nitrogens with zero attached hydrogens (tertiary/aromatic N) is 1. The highest BCUT2D eigenvalue weighted by atomic mass is 16.5. The summed E-state index contributed by atoms with van der Waals surface area (Å²) in [4.78, 5) is 14.4. The monoisotopic (exact) mass is 273 g/mol. The predicted molar refractivity (Wildman–Crippen MR) is 78.6 cm³/mol. The van der Waals surface area contributed by atoms with E-state index in [2.05, 4.69) is 29.2 Å². The summed E-state index contributed by atoms with van der Waals surface area (Å²) in [6.07, 6.45) is 4.35.